The molecule has 1 aliphatic carbocycles. The van der Waals surface area contributed by atoms with Gasteiger partial charge in [-0.15, -0.1) is 0 Å². The van der Waals surface area contributed by atoms with Gasteiger partial charge in [-0.3, -0.25) is 0 Å². The average Bonchev–Trinajstić information content (AvgIpc) is 2.54. The van der Waals surface area contributed by atoms with Crippen LogP contribution in [0.2, 0.25) is 0 Å². The Labute approximate surface area is 128 Å². The molecule has 0 saturated heterocycles. The van der Waals surface area contributed by atoms with Crippen molar-refractivity contribution in [2.75, 3.05) is 6.54 Å². The van der Waals surface area contributed by atoms with Crippen LogP contribution in [0.5, 0.6) is 0 Å². The molecule has 1 fully saturated rings. The Morgan fingerprint density at radius 2 is 1.62 bits per heavy atom. The van der Waals surface area contributed by atoms with Crippen molar-refractivity contribution in [3.63, 3.8) is 0 Å². The Balaban J connectivity index is 1.78. The minimum atomic E-state index is 0.518. The maximum absolute atomic E-state index is 5.90. The summed E-state index contributed by atoms with van der Waals surface area (Å²) >= 11 is 0. The van der Waals surface area contributed by atoms with Crippen molar-refractivity contribution in [2.45, 2.75) is 51.4 Å². The minimum absolute atomic E-state index is 0.518. The summed E-state index contributed by atoms with van der Waals surface area (Å²) in [6.45, 7) is 0.843. The topological polar surface area (TPSA) is 26.0 Å². The molecule has 0 unspecified atom stereocenters. The lowest BCUT2D eigenvalue weighted by molar-refractivity contribution is 0.161. The first-order valence-electron chi connectivity index (χ1n) is 8.50. The molecule has 2 aromatic carbocycles. The molecule has 0 bridgehead atoms. The molecule has 21 heavy (non-hydrogen) atoms. The summed E-state index contributed by atoms with van der Waals surface area (Å²) in [6, 6.07) is 15.5. The van der Waals surface area contributed by atoms with Crippen LogP contribution < -0.4 is 5.73 Å². The minimum Gasteiger partial charge on any atom is -0.330 e. The predicted molar refractivity (Wildman–Crippen MR) is 91.5 cm³/mol. The molecule has 3 rings (SSSR count). The van der Waals surface area contributed by atoms with Gasteiger partial charge in [-0.1, -0.05) is 61.7 Å². The van der Waals surface area contributed by atoms with Gasteiger partial charge >= 0.3 is 0 Å². The highest BCUT2D eigenvalue weighted by Crippen LogP contribution is 2.43. The molecule has 1 saturated carbocycles. The molecule has 0 atom stereocenters. The van der Waals surface area contributed by atoms with Crippen LogP contribution in [0, 0.1) is 5.41 Å². The van der Waals surface area contributed by atoms with Crippen LogP contribution in [0.1, 0.15) is 50.5 Å². The van der Waals surface area contributed by atoms with E-state index in [1.165, 1.54) is 67.7 Å². The predicted octanol–water partition coefficient (Wildman–Crippen LogP) is 5.07. The lowest BCUT2D eigenvalue weighted by Crippen LogP contribution is -2.28. The molecule has 2 N–H and O–H groups in total. The molecule has 1 nitrogen and oxygen atoms in total. The lowest BCUT2D eigenvalue weighted by atomic mass is 9.68. The van der Waals surface area contributed by atoms with Crippen LogP contribution in [-0.2, 0) is 6.42 Å². The van der Waals surface area contributed by atoms with Gasteiger partial charge in [-0.2, -0.15) is 0 Å². The van der Waals surface area contributed by atoms with Crippen molar-refractivity contribution in [1.29, 1.82) is 0 Å². The molecule has 0 spiro atoms. The van der Waals surface area contributed by atoms with Gasteiger partial charge in [0.25, 0.3) is 0 Å². The Morgan fingerprint density at radius 1 is 0.857 bits per heavy atom. The van der Waals surface area contributed by atoms with Gasteiger partial charge in [0.2, 0.25) is 0 Å². The molecule has 0 amide bonds. The third-order valence-corrected chi connectivity index (χ3v) is 5.39. The highest BCUT2D eigenvalue weighted by molar-refractivity contribution is 5.85. The molecular weight excluding hydrogens is 254 g/mol. The van der Waals surface area contributed by atoms with Crippen LogP contribution in [0.4, 0.5) is 0 Å². The average molecular weight is 281 g/mol. The highest BCUT2D eigenvalue weighted by Gasteiger charge is 2.30. The first kappa shape index (κ1) is 14.6. The van der Waals surface area contributed by atoms with E-state index in [-0.39, 0.29) is 0 Å². The zero-order valence-corrected chi connectivity index (χ0v) is 13.0. The molecule has 1 heteroatoms. The van der Waals surface area contributed by atoms with Crippen LogP contribution in [0.25, 0.3) is 10.8 Å². The fourth-order valence-corrected chi connectivity index (χ4v) is 4.14. The van der Waals surface area contributed by atoms with Crippen molar-refractivity contribution < 1.29 is 0 Å². The summed E-state index contributed by atoms with van der Waals surface area (Å²) in [7, 11) is 0. The standard InChI is InChI=1S/C20H27N/c21-16-15-20(12-4-1-5-13-20)14-11-18-9-6-8-17-7-2-3-10-19(17)18/h2-3,6-10H,1,4-5,11-16,21H2. The zero-order valence-electron chi connectivity index (χ0n) is 13.0. The second-order valence-corrected chi connectivity index (χ2v) is 6.74. The van der Waals surface area contributed by atoms with E-state index in [4.69, 9.17) is 5.73 Å². The van der Waals surface area contributed by atoms with E-state index < -0.39 is 0 Å². The highest BCUT2D eigenvalue weighted by atomic mass is 14.5. The van der Waals surface area contributed by atoms with Crippen molar-refractivity contribution in [3.05, 3.63) is 48.0 Å². The molecule has 2 aromatic rings. The molecule has 0 heterocycles. The Morgan fingerprint density at radius 3 is 2.43 bits per heavy atom. The van der Waals surface area contributed by atoms with E-state index in [1.54, 1.807) is 0 Å². The number of nitrogens with two attached hydrogens (primary N) is 1. The number of rotatable bonds is 5. The number of hydrogen-bond donors (Lipinski definition) is 1. The monoisotopic (exact) mass is 281 g/mol. The SMILES string of the molecule is NCCC1(CCc2cccc3ccccc23)CCCCC1. The molecule has 1 aliphatic rings. The van der Waals surface area contributed by atoms with E-state index in [9.17, 15) is 0 Å². The molecular formula is C20H27N. The van der Waals surface area contributed by atoms with Crippen LogP contribution in [0.3, 0.4) is 0 Å². The number of fused-ring (bicyclic) bond motifs is 1. The van der Waals surface area contributed by atoms with E-state index in [1.807, 2.05) is 0 Å². The second kappa shape index (κ2) is 6.62. The maximum Gasteiger partial charge on any atom is -0.00720 e. The quantitative estimate of drug-likeness (QED) is 0.813. The first-order valence-corrected chi connectivity index (χ1v) is 8.50. The normalized spacial score (nSPS) is 18.0. The van der Waals surface area contributed by atoms with E-state index in [0.29, 0.717) is 5.41 Å². The van der Waals surface area contributed by atoms with Gasteiger partial charge in [0.15, 0.2) is 0 Å². The smallest absolute Gasteiger partial charge is 0.00720 e. The van der Waals surface area contributed by atoms with E-state index in [0.717, 1.165) is 6.54 Å². The number of hydrogen-bond acceptors (Lipinski definition) is 1. The third-order valence-electron chi connectivity index (χ3n) is 5.39. The Kier molecular flexibility index (Phi) is 4.60. The zero-order chi connectivity index (χ0) is 14.5. The van der Waals surface area contributed by atoms with E-state index in [2.05, 4.69) is 42.5 Å². The number of aryl methyl sites for hydroxylation is 1. The molecule has 0 aromatic heterocycles. The molecule has 0 radical (unpaired) electrons. The van der Waals surface area contributed by atoms with Crippen LogP contribution in [0.15, 0.2) is 42.5 Å². The lowest BCUT2D eigenvalue weighted by Gasteiger charge is -2.37. The number of benzene rings is 2. The largest absolute Gasteiger partial charge is 0.330 e. The van der Waals surface area contributed by atoms with Crippen molar-refractivity contribution in [1.82, 2.24) is 0 Å². The van der Waals surface area contributed by atoms with Gasteiger partial charge in [0, 0.05) is 0 Å². The summed E-state index contributed by atoms with van der Waals surface area (Å²) in [6.07, 6.45) is 10.7. The molecule has 0 aliphatic heterocycles. The van der Waals surface area contributed by atoms with Crippen LogP contribution in [-0.4, -0.2) is 6.54 Å². The van der Waals surface area contributed by atoms with Gasteiger partial charge in [-0.05, 0) is 60.4 Å². The summed E-state index contributed by atoms with van der Waals surface area (Å²) in [5, 5.41) is 2.80. The van der Waals surface area contributed by atoms with Gasteiger partial charge in [0.1, 0.15) is 0 Å². The summed E-state index contributed by atoms with van der Waals surface area (Å²) in [5.74, 6) is 0. The summed E-state index contributed by atoms with van der Waals surface area (Å²) in [5.41, 5.74) is 7.93. The van der Waals surface area contributed by atoms with Crippen molar-refractivity contribution in [2.24, 2.45) is 11.1 Å². The van der Waals surface area contributed by atoms with Crippen molar-refractivity contribution >= 4 is 10.8 Å². The fourth-order valence-electron chi connectivity index (χ4n) is 4.14. The first-order chi connectivity index (χ1) is 10.3. The van der Waals surface area contributed by atoms with Gasteiger partial charge < -0.3 is 5.73 Å². The van der Waals surface area contributed by atoms with Gasteiger partial charge in [-0.25, -0.2) is 0 Å². The fraction of sp³-hybridized carbons (Fsp3) is 0.500. The van der Waals surface area contributed by atoms with Crippen molar-refractivity contribution in [3.8, 4) is 0 Å². The van der Waals surface area contributed by atoms with E-state index >= 15 is 0 Å². The van der Waals surface area contributed by atoms with Gasteiger partial charge in [0.05, 0.1) is 0 Å². The maximum atomic E-state index is 5.90. The third kappa shape index (κ3) is 3.29. The Bertz CT molecular complexity index is 570. The Hall–Kier alpha value is -1.34. The molecule has 112 valence electrons. The summed E-state index contributed by atoms with van der Waals surface area (Å²) in [4.78, 5) is 0. The van der Waals surface area contributed by atoms with Crippen LogP contribution >= 0.6 is 0 Å². The second-order valence-electron chi connectivity index (χ2n) is 6.74. The summed E-state index contributed by atoms with van der Waals surface area (Å²) < 4.78 is 0.